The van der Waals surface area contributed by atoms with Gasteiger partial charge in [-0.1, -0.05) is 30.7 Å². The molecule has 1 aliphatic rings. The average Bonchev–Trinajstić information content (AvgIpc) is 3.05. The van der Waals surface area contributed by atoms with Gasteiger partial charge in [-0.25, -0.2) is 8.42 Å². The summed E-state index contributed by atoms with van der Waals surface area (Å²) in [4.78, 5) is 28.3. The van der Waals surface area contributed by atoms with Gasteiger partial charge in [0.05, 0.1) is 11.4 Å². The number of aliphatic imine (C=N–C) groups is 1. The van der Waals surface area contributed by atoms with E-state index in [-0.39, 0.29) is 18.0 Å². The zero-order valence-corrected chi connectivity index (χ0v) is 18.4. The minimum atomic E-state index is -3.81. The maximum Gasteiger partial charge on any atom is 0.262 e. The van der Waals surface area contributed by atoms with Crippen molar-refractivity contribution in [3.8, 4) is 5.75 Å². The Morgan fingerprint density at radius 1 is 0.969 bits per heavy atom. The van der Waals surface area contributed by atoms with Crippen LogP contribution in [0.25, 0.3) is 0 Å². The van der Waals surface area contributed by atoms with Gasteiger partial charge in [0.15, 0.2) is 6.61 Å². The van der Waals surface area contributed by atoms with Gasteiger partial charge in [-0.2, -0.15) is 0 Å². The van der Waals surface area contributed by atoms with Gasteiger partial charge < -0.3 is 15.4 Å². The molecule has 0 aromatic heterocycles. The average molecular weight is 459 g/mol. The number of hydrogen-bond acceptors (Lipinski definition) is 6. The Morgan fingerprint density at radius 3 is 2.59 bits per heavy atom. The molecule has 0 atom stereocenters. The molecule has 2 aromatic rings. The van der Waals surface area contributed by atoms with Gasteiger partial charge in [0.2, 0.25) is 5.91 Å². The summed E-state index contributed by atoms with van der Waals surface area (Å²) >= 11 is 0. The topological polar surface area (TPSA) is 126 Å². The Kier molecular flexibility index (Phi) is 8.20. The number of rotatable bonds is 8. The van der Waals surface area contributed by atoms with Crippen molar-refractivity contribution in [3.05, 3.63) is 54.6 Å². The molecule has 0 spiro atoms. The highest BCUT2D eigenvalue weighted by molar-refractivity contribution is 7.90. The number of benzene rings is 2. The zero-order valence-electron chi connectivity index (χ0n) is 17.5. The number of hydrogen-bond donors (Lipinski definition) is 3. The molecule has 3 rings (SSSR count). The first kappa shape index (κ1) is 23.3. The lowest BCUT2D eigenvalue weighted by molar-refractivity contribution is -0.125. The van der Waals surface area contributed by atoms with Gasteiger partial charge in [-0.15, -0.1) is 0 Å². The van der Waals surface area contributed by atoms with E-state index in [4.69, 9.17) is 4.74 Å². The predicted octanol–water partition coefficient (Wildman–Crippen LogP) is 2.07. The number of ether oxygens (including phenoxy) is 1. The largest absolute Gasteiger partial charge is 0.484 e. The molecule has 1 aliphatic heterocycles. The minimum Gasteiger partial charge on any atom is -0.484 e. The van der Waals surface area contributed by atoms with Gasteiger partial charge >= 0.3 is 0 Å². The van der Waals surface area contributed by atoms with Crippen molar-refractivity contribution in [1.29, 1.82) is 0 Å². The normalized spacial score (nSPS) is 13.9. The lowest BCUT2D eigenvalue weighted by atomic mass is 10.2. The van der Waals surface area contributed by atoms with Crippen molar-refractivity contribution in [2.45, 2.75) is 30.6 Å². The number of anilines is 1. The van der Waals surface area contributed by atoms with E-state index in [9.17, 15) is 18.0 Å². The Hall–Kier alpha value is -3.40. The molecular formula is C22H26N4O5S. The van der Waals surface area contributed by atoms with Crippen LogP contribution in [0.4, 0.5) is 5.69 Å². The molecule has 0 aliphatic carbocycles. The first-order valence-corrected chi connectivity index (χ1v) is 11.8. The number of nitrogens with one attached hydrogen (secondary N) is 3. The number of para-hydroxylation sites is 1. The molecule has 9 nitrogen and oxygen atoms in total. The van der Waals surface area contributed by atoms with Gasteiger partial charge in [0.1, 0.15) is 11.6 Å². The third-order valence-corrected chi connectivity index (χ3v) is 5.99. The maximum absolute atomic E-state index is 12.7. The molecule has 0 saturated carbocycles. The van der Waals surface area contributed by atoms with Crippen LogP contribution in [0.3, 0.4) is 0 Å². The van der Waals surface area contributed by atoms with Crippen LogP contribution in [0.1, 0.15) is 25.7 Å². The fraction of sp³-hybridized carbons (Fsp3) is 0.318. The van der Waals surface area contributed by atoms with E-state index in [0.717, 1.165) is 19.3 Å². The van der Waals surface area contributed by atoms with Crippen LogP contribution in [0.5, 0.6) is 5.75 Å². The lowest BCUT2D eigenvalue weighted by Crippen LogP contribution is -2.35. The van der Waals surface area contributed by atoms with Crippen LogP contribution >= 0.6 is 0 Å². The monoisotopic (exact) mass is 458 g/mol. The molecule has 3 N–H and O–H groups in total. The second kappa shape index (κ2) is 11.3. The first-order chi connectivity index (χ1) is 15.4. The highest BCUT2D eigenvalue weighted by atomic mass is 32.2. The summed E-state index contributed by atoms with van der Waals surface area (Å²) < 4.78 is 33.2. The summed E-state index contributed by atoms with van der Waals surface area (Å²) in [6.07, 6.45) is 3.44. The second-order valence-electron chi connectivity index (χ2n) is 7.20. The van der Waals surface area contributed by atoms with Crippen molar-refractivity contribution in [3.63, 3.8) is 0 Å². The highest BCUT2D eigenvalue weighted by Gasteiger charge is 2.18. The summed E-state index contributed by atoms with van der Waals surface area (Å²) in [5.74, 6) is 0.0633. The van der Waals surface area contributed by atoms with Crippen molar-refractivity contribution in [2.24, 2.45) is 4.99 Å². The standard InChI is InChI=1S/C22H26N4O5S/c27-21(15-24-22(28)16-31-18-9-3-1-4-10-18)25-17-8-7-11-19(14-17)32(29,30)26-20-12-5-2-6-13-23-20/h1,3-4,7-11,14H,2,5-6,12-13,15-16H2,(H,23,26)(H,24,28)(H,25,27). The molecule has 0 fully saturated rings. The minimum absolute atomic E-state index is 0.0162. The van der Waals surface area contributed by atoms with Crippen LogP contribution in [0.2, 0.25) is 0 Å². The van der Waals surface area contributed by atoms with E-state index in [1.807, 2.05) is 6.07 Å². The fourth-order valence-corrected chi connectivity index (χ4v) is 4.15. The number of amides is 2. The SMILES string of the molecule is O=C(COc1ccccc1)NCC(=O)Nc1cccc(S(=O)(=O)NC2=NCCCCC2)c1. The molecule has 0 saturated heterocycles. The Labute approximate surface area is 187 Å². The smallest absolute Gasteiger partial charge is 0.262 e. The molecule has 10 heteroatoms. The zero-order chi connectivity index (χ0) is 22.8. The maximum atomic E-state index is 12.7. The predicted molar refractivity (Wildman–Crippen MR) is 121 cm³/mol. The number of carbonyl (C=O) groups is 2. The number of nitrogens with zero attached hydrogens (tertiary/aromatic N) is 1. The van der Waals surface area contributed by atoms with Crippen LogP contribution in [0, 0.1) is 0 Å². The molecule has 0 radical (unpaired) electrons. The fourth-order valence-electron chi connectivity index (χ4n) is 3.01. The van der Waals surface area contributed by atoms with Crippen LogP contribution in [0.15, 0.2) is 64.5 Å². The van der Waals surface area contributed by atoms with Gasteiger partial charge in [-0.05, 0) is 43.2 Å². The third-order valence-electron chi connectivity index (χ3n) is 4.61. The molecule has 32 heavy (non-hydrogen) atoms. The first-order valence-electron chi connectivity index (χ1n) is 10.3. The summed E-state index contributed by atoms with van der Waals surface area (Å²) in [5, 5.41) is 5.04. The van der Waals surface area contributed by atoms with Crippen LogP contribution in [-0.4, -0.2) is 45.8 Å². The van der Waals surface area contributed by atoms with E-state index >= 15 is 0 Å². The number of amidine groups is 1. The highest BCUT2D eigenvalue weighted by Crippen LogP contribution is 2.16. The molecule has 0 bridgehead atoms. The van der Waals surface area contributed by atoms with E-state index in [2.05, 4.69) is 20.3 Å². The molecule has 1 heterocycles. The van der Waals surface area contributed by atoms with Crippen molar-refractivity contribution in [1.82, 2.24) is 10.0 Å². The summed E-state index contributed by atoms with van der Waals surface area (Å²) in [6.45, 7) is 0.111. The van der Waals surface area contributed by atoms with Crippen LogP contribution in [-0.2, 0) is 19.6 Å². The summed E-state index contributed by atoms with van der Waals surface area (Å²) in [6, 6.07) is 14.8. The Bertz CT molecular complexity index is 1070. The quantitative estimate of drug-likeness (QED) is 0.558. The second-order valence-corrected chi connectivity index (χ2v) is 8.88. The van der Waals surface area contributed by atoms with Crippen molar-refractivity contribution < 1.29 is 22.7 Å². The Morgan fingerprint density at radius 2 is 1.78 bits per heavy atom. The van der Waals surface area contributed by atoms with Crippen LogP contribution < -0.4 is 20.1 Å². The van der Waals surface area contributed by atoms with Crippen molar-refractivity contribution in [2.75, 3.05) is 25.0 Å². The van der Waals surface area contributed by atoms with Crippen molar-refractivity contribution >= 4 is 33.4 Å². The summed E-state index contributed by atoms with van der Waals surface area (Å²) in [7, 11) is -3.81. The molecular weight excluding hydrogens is 432 g/mol. The van der Waals surface area contributed by atoms with Gasteiger partial charge in [-0.3, -0.25) is 19.3 Å². The van der Waals surface area contributed by atoms with E-state index in [1.54, 1.807) is 30.3 Å². The van der Waals surface area contributed by atoms with E-state index < -0.39 is 21.8 Å². The van der Waals surface area contributed by atoms with Gasteiger partial charge in [0, 0.05) is 18.7 Å². The third kappa shape index (κ3) is 7.38. The Balaban J connectivity index is 1.50. The summed E-state index contributed by atoms with van der Waals surface area (Å²) in [5.41, 5.74) is 0.301. The molecule has 2 aromatic carbocycles. The lowest BCUT2D eigenvalue weighted by Gasteiger charge is -2.12. The number of sulfonamides is 1. The van der Waals surface area contributed by atoms with Gasteiger partial charge in [0.25, 0.3) is 15.9 Å². The molecule has 0 unspecified atom stereocenters. The van der Waals surface area contributed by atoms with E-state index in [1.165, 1.54) is 18.2 Å². The van der Waals surface area contributed by atoms with E-state index in [0.29, 0.717) is 30.2 Å². The molecule has 2 amide bonds. The number of carbonyl (C=O) groups excluding carboxylic acids is 2. The molecule has 170 valence electrons.